The van der Waals surface area contributed by atoms with Crippen molar-refractivity contribution in [3.05, 3.63) is 52.7 Å². The molecule has 0 atom stereocenters. The molecule has 0 saturated heterocycles. The highest BCUT2D eigenvalue weighted by Gasteiger charge is 2.31. The highest BCUT2D eigenvalue weighted by molar-refractivity contribution is 5.95. The summed E-state index contributed by atoms with van der Waals surface area (Å²) in [6, 6.07) is 9.57. The molecular formula is C16H10F3NO4. The van der Waals surface area contributed by atoms with Crippen LogP contribution in [0.25, 0.3) is 21.8 Å². The smallest absolute Gasteiger partial charge is 0.480 e. The maximum absolute atomic E-state index is 12.5. The fourth-order valence-electron chi connectivity index (χ4n) is 2.61. The third kappa shape index (κ3) is 2.90. The van der Waals surface area contributed by atoms with Crippen LogP contribution in [0.2, 0.25) is 0 Å². The van der Waals surface area contributed by atoms with Crippen LogP contribution in [0, 0.1) is 0 Å². The number of hydrogen-bond acceptors (Lipinski definition) is 3. The molecule has 2 aromatic carbocycles. The van der Waals surface area contributed by atoms with Crippen LogP contribution in [0.3, 0.4) is 0 Å². The van der Waals surface area contributed by atoms with Gasteiger partial charge in [-0.05, 0) is 30.3 Å². The van der Waals surface area contributed by atoms with Crippen LogP contribution >= 0.6 is 0 Å². The van der Waals surface area contributed by atoms with Gasteiger partial charge >= 0.3 is 12.3 Å². The molecule has 24 heavy (non-hydrogen) atoms. The Morgan fingerprint density at radius 1 is 1.08 bits per heavy atom. The molecule has 0 bridgehead atoms. The van der Waals surface area contributed by atoms with Gasteiger partial charge in [-0.1, -0.05) is 12.1 Å². The zero-order chi connectivity index (χ0) is 17.5. The van der Waals surface area contributed by atoms with Crippen LogP contribution in [0.5, 0.6) is 5.75 Å². The summed E-state index contributed by atoms with van der Waals surface area (Å²) in [6.45, 7) is -0.434. The van der Waals surface area contributed by atoms with E-state index in [0.717, 1.165) is 12.1 Å². The number of carboxylic acids is 1. The molecule has 8 heteroatoms. The molecule has 0 spiro atoms. The van der Waals surface area contributed by atoms with E-state index in [9.17, 15) is 22.8 Å². The number of alkyl halides is 3. The number of benzene rings is 2. The minimum Gasteiger partial charge on any atom is -0.480 e. The summed E-state index contributed by atoms with van der Waals surface area (Å²) in [7, 11) is 0. The number of hydrogen-bond donors (Lipinski definition) is 1. The van der Waals surface area contributed by atoms with Gasteiger partial charge in [0, 0.05) is 10.8 Å². The molecule has 5 nitrogen and oxygen atoms in total. The number of fused-ring (bicyclic) bond motifs is 2. The van der Waals surface area contributed by atoms with Gasteiger partial charge in [0.25, 0.3) is 0 Å². The molecule has 3 rings (SSSR count). The molecule has 1 aromatic heterocycles. The van der Waals surface area contributed by atoms with E-state index in [2.05, 4.69) is 4.74 Å². The number of carboxylic acid groups (broad SMARTS) is 1. The first-order valence-corrected chi connectivity index (χ1v) is 6.79. The molecule has 0 aliphatic heterocycles. The Morgan fingerprint density at radius 2 is 1.75 bits per heavy atom. The van der Waals surface area contributed by atoms with E-state index >= 15 is 0 Å². The molecule has 0 saturated carbocycles. The topological polar surface area (TPSA) is 68.5 Å². The van der Waals surface area contributed by atoms with Crippen LogP contribution in [0.1, 0.15) is 0 Å². The lowest BCUT2D eigenvalue weighted by Gasteiger charge is -2.14. The Kier molecular flexibility index (Phi) is 3.67. The predicted molar refractivity (Wildman–Crippen MR) is 80.0 cm³/mol. The van der Waals surface area contributed by atoms with E-state index in [0.29, 0.717) is 5.52 Å². The Morgan fingerprint density at radius 3 is 2.42 bits per heavy atom. The molecule has 0 aliphatic rings. The van der Waals surface area contributed by atoms with Crippen molar-refractivity contribution in [1.29, 1.82) is 0 Å². The quantitative estimate of drug-likeness (QED) is 0.746. The van der Waals surface area contributed by atoms with Gasteiger partial charge in [0.2, 0.25) is 0 Å². The number of pyridine rings is 1. The highest BCUT2D eigenvalue weighted by Crippen LogP contribution is 2.27. The van der Waals surface area contributed by atoms with Gasteiger partial charge in [-0.25, -0.2) is 0 Å². The van der Waals surface area contributed by atoms with E-state index in [1.165, 1.54) is 16.7 Å². The van der Waals surface area contributed by atoms with Crippen molar-refractivity contribution < 1.29 is 27.8 Å². The van der Waals surface area contributed by atoms with Crippen LogP contribution in [0.4, 0.5) is 13.2 Å². The van der Waals surface area contributed by atoms with E-state index in [1.807, 2.05) is 0 Å². The summed E-state index contributed by atoms with van der Waals surface area (Å²) in [4.78, 5) is 23.7. The fourth-order valence-corrected chi connectivity index (χ4v) is 2.61. The second-order valence-corrected chi connectivity index (χ2v) is 5.05. The minimum atomic E-state index is -4.88. The third-order valence-corrected chi connectivity index (χ3v) is 3.47. The highest BCUT2D eigenvalue weighted by atomic mass is 19.4. The second kappa shape index (κ2) is 5.55. The van der Waals surface area contributed by atoms with Crippen LogP contribution in [0.15, 0.2) is 47.3 Å². The third-order valence-electron chi connectivity index (χ3n) is 3.47. The standard InChI is InChI=1S/C16H10F3NO4/c17-16(18,19)24-9-5-6-13-11(7-9)15(23)10-3-1-2-4-12(10)20(13)8-14(21)22/h1-7H,8H2,(H,21,22). The molecule has 0 radical (unpaired) electrons. The summed E-state index contributed by atoms with van der Waals surface area (Å²) >= 11 is 0. The van der Waals surface area contributed by atoms with Crippen molar-refractivity contribution in [1.82, 2.24) is 4.57 Å². The van der Waals surface area contributed by atoms with Crippen molar-refractivity contribution in [2.45, 2.75) is 12.9 Å². The molecular weight excluding hydrogens is 327 g/mol. The van der Waals surface area contributed by atoms with E-state index < -0.39 is 30.1 Å². The lowest BCUT2D eigenvalue weighted by molar-refractivity contribution is -0.274. The van der Waals surface area contributed by atoms with Gasteiger partial charge in [0.1, 0.15) is 12.3 Å². The zero-order valence-electron chi connectivity index (χ0n) is 12.0. The first-order chi connectivity index (χ1) is 11.3. The SMILES string of the molecule is O=C(O)Cn1c2ccccc2c(=O)c2cc(OC(F)(F)F)ccc21. The van der Waals surface area contributed by atoms with Crippen molar-refractivity contribution in [3.63, 3.8) is 0 Å². The van der Waals surface area contributed by atoms with Crippen LogP contribution < -0.4 is 10.2 Å². The minimum absolute atomic E-state index is 0.0447. The Bertz CT molecular complexity index is 1010. The van der Waals surface area contributed by atoms with Crippen molar-refractivity contribution in [2.75, 3.05) is 0 Å². The number of rotatable bonds is 3. The predicted octanol–water partition coefficient (Wildman–Crippen LogP) is 3.14. The second-order valence-electron chi connectivity index (χ2n) is 5.05. The number of para-hydroxylation sites is 1. The van der Waals surface area contributed by atoms with E-state index in [4.69, 9.17) is 5.11 Å². The molecule has 0 unspecified atom stereocenters. The van der Waals surface area contributed by atoms with Crippen molar-refractivity contribution in [2.24, 2.45) is 0 Å². The Labute approximate surface area is 132 Å². The van der Waals surface area contributed by atoms with Gasteiger partial charge < -0.3 is 14.4 Å². The molecule has 1 N–H and O–H groups in total. The first kappa shape index (κ1) is 15.9. The first-order valence-electron chi connectivity index (χ1n) is 6.79. The normalized spacial score (nSPS) is 11.8. The summed E-state index contributed by atoms with van der Waals surface area (Å²) in [5, 5.41) is 9.26. The average molecular weight is 337 g/mol. The average Bonchev–Trinajstić information content (AvgIpc) is 2.49. The molecule has 3 aromatic rings. The van der Waals surface area contributed by atoms with Crippen molar-refractivity contribution in [3.8, 4) is 5.75 Å². The monoisotopic (exact) mass is 337 g/mol. The van der Waals surface area contributed by atoms with Gasteiger partial charge in [-0.3, -0.25) is 9.59 Å². The van der Waals surface area contributed by atoms with Crippen LogP contribution in [-0.2, 0) is 11.3 Å². The van der Waals surface area contributed by atoms with Crippen molar-refractivity contribution >= 4 is 27.8 Å². The maximum atomic E-state index is 12.5. The Balaban J connectivity index is 2.35. The summed E-state index contributed by atoms with van der Waals surface area (Å²) in [6.07, 6.45) is -4.88. The number of aliphatic carboxylic acids is 1. The Hall–Kier alpha value is -3.03. The van der Waals surface area contributed by atoms with Gasteiger partial charge in [-0.2, -0.15) is 0 Å². The van der Waals surface area contributed by atoms with Gasteiger partial charge in [0.05, 0.1) is 11.0 Å². The van der Waals surface area contributed by atoms with E-state index in [-0.39, 0.29) is 16.3 Å². The van der Waals surface area contributed by atoms with Crippen LogP contribution in [-0.4, -0.2) is 22.0 Å². The number of nitrogens with zero attached hydrogens (tertiary/aromatic N) is 1. The summed E-state index contributed by atoms with van der Waals surface area (Å²) in [5.41, 5.74) is 0.118. The molecule has 124 valence electrons. The molecule has 1 heterocycles. The molecule has 0 aliphatic carbocycles. The maximum Gasteiger partial charge on any atom is 0.573 e. The number of aromatic nitrogens is 1. The summed E-state index contributed by atoms with van der Waals surface area (Å²) in [5.74, 6) is -1.68. The molecule has 0 amide bonds. The number of halogens is 3. The lowest BCUT2D eigenvalue weighted by atomic mass is 10.1. The fraction of sp³-hybridized carbons (Fsp3) is 0.125. The number of ether oxygens (including phenoxy) is 1. The lowest BCUT2D eigenvalue weighted by Crippen LogP contribution is -2.18. The summed E-state index contributed by atoms with van der Waals surface area (Å²) < 4.78 is 42.3. The van der Waals surface area contributed by atoms with Gasteiger partial charge in [-0.15, -0.1) is 13.2 Å². The number of carbonyl (C=O) groups is 1. The van der Waals surface area contributed by atoms with E-state index in [1.54, 1.807) is 18.2 Å². The molecule has 0 fully saturated rings. The van der Waals surface area contributed by atoms with Gasteiger partial charge in [0.15, 0.2) is 5.43 Å². The zero-order valence-corrected chi connectivity index (χ0v) is 12.0. The largest absolute Gasteiger partial charge is 0.573 e.